The summed E-state index contributed by atoms with van der Waals surface area (Å²) >= 11 is 3.34. The van der Waals surface area contributed by atoms with Gasteiger partial charge in [0.1, 0.15) is 6.10 Å². The van der Waals surface area contributed by atoms with Crippen molar-refractivity contribution in [3.8, 4) is 0 Å². The van der Waals surface area contributed by atoms with Crippen LogP contribution in [0.1, 0.15) is 71.1 Å². The van der Waals surface area contributed by atoms with E-state index in [1.54, 1.807) is 42.5 Å². The Bertz CT molecular complexity index is 1030. The standard InChI is InChI=1S/C25H26BrNO4/c1-14(2)19-10-4-15(3)12-22(19)31-25(30)16-5-8-18(9-6-16)27-23(28)20-11-7-17(26)13-21(20)24(27)29/h5-9,11,13-15,19,22H,4,10,12H2,1-3H3. The maximum absolute atomic E-state index is 12.8. The molecule has 0 bridgehead atoms. The average Bonchev–Trinajstić information content (AvgIpc) is 2.97. The van der Waals surface area contributed by atoms with Crippen LogP contribution in [0, 0.1) is 17.8 Å². The van der Waals surface area contributed by atoms with E-state index in [2.05, 4.69) is 36.7 Å². The van der Waals surface area contributed by atoms with Crippen LogP contribution >= 0.6 is 15.9 Å². The van der Waals surface area contributed by atoms with E-state index in [4.69, 9.17) is 4.74 Å². The van der Waals surface area contributed by atoms with Crippen LogP contribution in [0.4, 0.5) is 5.69 Å². The molecular formula is C25H26BrNO4. The Labute approximate surface area is 190 Å². The predicted molar refractivity (Wildman–Crippen MR) is 122 cm³/mol. The molecule has 0 aromatic heterocycles. The molecule has 2 amide bonds. The fourth-order valence-electron chi connectivity index (χ4n) is 4.65. The number of halogens is 1. The van der Waals surface area contributed by atoms with E-state index in [1.807, 2.05) is 0 Å². The van der Waals surface area contributed by atoms with Gasteiger partial charge in [0.25, 0.3) is 11.8 Å². The number of anilines is 1. The second-order valence-electron chi connectivity index (χ2n) is 8.95. The summed E-state index contributed by atoms with van der Waals surface area (Å²) in [5.41, 5.74) is 1.60. The van der Waals surface area contributed by atoms with Crippen molar-refractivity contribution in [2.45, 2.75) is 46.1 Å². The van der Waals surface area contributed by atoms with Crippen LogP contribution < -0.4 is 4.90 Å². The lowest BCUT2D eigenvalue weighted by molar-refractivity contribution is -0.0174. The molecule has 4 rings (SSSR count). The van der Waals surface area contributed by atoms with Crippen LogP contribution in [0.2, 0.25) is 0 Å². The number of ether oxygens (including phenoxy) is 1. The molecule has 1 fully saturated rings. The Balaban J connectivity index is 1.50. The summed E-state index contributed by atoms with van der Waals surface area (Å²) in [5.74, 6) is 0.289. The van der Waals surface area contributed by atoms with Gasteiger partial charge in [-0.2, -0.15) is 0 Å². The lowest BCUT2D eigenvalue weighted by Crippen LogP contribution is -2.35. The van der Waals surface area contributed by atoms with E-state index < -0.39 is 0 Å². The van der Waals surface area contributed by atoms with E-state index in [0.717, 1.165) is 22.2 Å². The molecule has 1 aliphatic heterocycles. The molecule has 0 saturated heterocycles. The van der Waals surface area contributed by atoms with Gasteiger partial charge in [-0.05, 0) is 73.1 Å². The number of rotatable bonds is 4. The molecule has 31 heavy (non-hydrogen) atoms. The molecule has 0 radical (unpaired) electrons. The highest BCUT2D eigenvalue weighted by Gasteiger charge is 2.37. The highest BCUT2D eigenvalue weighted by atomic mass is 79.9. The second-order valence-corrected chi connectivity index (χ2v) is 9.87. The molecule has 3 unspecified atom stereocenters. The molecule has 3 atom stereocenters. The molecule has 1 heterocycles. The molecule has 5 nitrogen and oxygen atoms in total. The van der Waals surface area contributed by atoms with Crippen molar-refractivity contribution in [2.75, 3.05) is 4.90 Å². The fourth-order valence-corrected chi connectivity index (χ4v) is 5.01. The van der Waals surface area contributed by atoms with Crippen LogP contribution in [0.5, 0.6) is 0 Å². The number of carbonyl (C=O) groups is 3. The third kappa shape index (κ3) is 4.18. The van der Waals surface area contributed by atoms with Gasteiger partial charge in [-0.3, -0.25) is 9.59 Å². The number of nitrogens with zero attached hydrogens (tertiary/aromatic N) is 1. The fraction of sp³-hybridized carbons (Fsp3) is 0.400. The van der Waals surface area contributed by atoms with Crippen molar-refractivity contribution in [3.05, 3.63) is 63.6 Å². The third-order valence-corrected chi connectivity index (χ3v) is 6.92. The van der Waals surface area contributed by atoms with Crippen LogP contribution in [-0.4, -0.2) is 23.9 Å². The van der Waals surface area contributed by atoms with Crippen molar-refractivity contribution in [1.29, 1.82) is 0 Å². The first-order valence-corrected chi connectivity index (χ1v) is 11.5. The lowest BCUT2D eigenvalue weighted by atomic mass is 9.75. The summed E-state index contributed by atoms with van der Waals surface area (Å²) in [4.78, 5) is 39.4. The van der Waals surface area contributed by atoms with Gasteiger partial charge in [0.15, 0.2) is 0 Å². The Hall–Kier alpha value is -2.47. The number of hydrogen-bond acceptors (Lipinski definition) is 4. The average molecular weight is 484 g/mol. The summed E-state index contributed by atoms with van der Waals surface area (Å²) in [6.45, 7) is 6.56. The maximum Gasteiger partial charge on any atom is 0.338 e. The quantitative estimate of drug-likeness (QED) is 0.403. The van der Waals surface area contributed by atoms with Crippen molar-refractivity contribution in [3.63, 3.8) is 0 Å². The van der Waals surface area contributed by atoms with Gasteiger partial charge < -0.3 is 4.74 Å². The first-order chi connectivity index (χ1) is 14.8. The first kappa shape index (κ1) is 21.8. The number of imide groups is 1. The van der Waals surface area contributed by atoms with Crippen LogP contribution in [-0.2, 0) is 4.74 Å². The summed E-state index contributed by atoms with van der Waals surface area (Å²) < 4.78 is 6.64. The number of benzene rings is 2. The molecule has 162 valence electrons. The SMILES string of the molecule is CC1CCC(C(C)C)C(OC(=O)c2ccc(N3C(=O)c4ccc(Br)cc4C3=O)cc2)C1. The number of carbonyl (C=O) groups excluding carboxylic acids is 3. The van der Waals surface area contributed by atoms with Crippen LogP contribution in [0.25, 0.3) is 0 Å². The van der Waals surface area contributed by atoms with E-state index in [-0.39, 0.29) is 23.9 Å². The summed E-state index contributed by atoms with van der Waals surface area (Å²) in [6.07, 6.45) is 3.05. The largest absolute Gasteiger partial charge is 0.458 e. The molecule has 2 aromatic carbocycles. The number of amides is 2. The van der Waals surface area contributed by atoms with E-state index in [0.29, 0.717) is 40.1 Å². The number of esters is 1. The van der Waals surface area contributed by atoms with Crippen molar-refractivity contribution in [2.24, 2.45) is 17.8 Å². The zero-order valence-corrected chi connectivity index (χ0v) is 19.5. The zero-order valence-electron chi connectivity index (χ0n) is 17.9. The minimum Gasteiger partial charge on any atom is -0.458 e. The second kappa shape index (κ2) is 8.58. The van der Waals surface area contributed by atoms with E-state index in [9.17, 15) is 14.4 Å². The minimum absolute atomic E-state index is 0.0781. The lowest BCUT2D eigenvalue weighted by Gasteiger charge is -2.36. The molecule has 1 saturated carbocycles. The molecule has 0 N–H and O–H groups in total. The maximum atomic E-state index is 12.8. The Morgan fingerprint density at radius 3 is 2.39 bits per heavy atom. The van der Waals surface area contributed by atoms with E-state index in [1.165, 1.54) is 6.42 Å². The highest BCUT2D eigenvalue weighted by Crippen LogP contribution is 2.36. The van der Waals surface area contributed by atoms with Crippen molar-refractivity contribution < 1.29 is 19.1 Å². The monoisotopic (exact) mass is 483 g/mol. The highest BCUT2D eigenvalue weighted by molar-refractivity contribution is 9.10. The Morgan fingerprint density at radius 1 is 1.03 bits per heavy atom. The molecule has 1 aliphatic carbocycles. The number of hydrogen-bond donors (Lipinski definition) is 0. The van der Waals surface area contributed by atoms with Gasteiger partial charge in [-0.25, -0.2) is 9.69 Å². The normalized spacial score (nSPS) is 23.3. The van der Waals surface area contributed by atoms with Gasteiger partial charge in [0.05, 0.1) is 22.4 Å². The topological polar surface area (TPSA) is 63.7 Å². The summed E-state index contributed by atoms with van der Waals surface area (Å²) in [7, 11) is 0. The van der Waals surface area contributed by atoms with Crippen LogP contribution in [0.3, 0.4) is 0 Å². The molecular weight excluding hydrogens is 458 g/mol. The smallest absolute Gasteiger partial charge is 0.338 e. The van der Waals surface area contributed by atoms with Gasteiger partial charge in [0, 0.05) is 4.47 Å². The Morgan fingerprint density at radius 2 is 1.71 bits per heavy atom. The van der Waals surface area contributed by atoms with Crippen LogP contribution in [0.15, 0.2) is 46.9 Å². The first-order valence-electron chi connectivity index (χ1n) is 10.8. The van der Waals surface area contributed by atoms with E-state index >= 15 is 0 Å². The number of fused-ring (bicyclic) bond motifs is 1. The van der Waals surface area contributed by atoms with Gasteiger partial charge >= 0.3 is 5.97 Å². The van der Waals surface area contributed by atoms with Crippen molar-refractivity contribution >= 4 is 39.4 Å². The zero-order chi connectivity index (χ0) is 22.3. The van der Waals surface area contributed by atoms with Gasteiger partial charge in [-0.15, -0.1) is 0 Å². The molecule has 2 aliphatic rings. The Kier molecular flexibility index (Phi) is 6.02. The predicted octanol–water partition coefficient (Wildman–Crippen LogP) is 5.87. The van der Waals surface area contributed by atoms with Gasteiger partial charge in [0.2, 0.25) is 0 Å². The molecule has 6 heteroatoms. The summed E-state index contributed by atoms with van der Waals surface area (Å²) in [5, 5.41) is 0. The molecule has 0 spiro atoms. The molecule has 2 aromatic rings. The van der Waals surface area contributed by atoms with Crippen molar-refractivity contribution in [1.82, 2.24) is 0 Å². The third-order valence-electron chi connectivity index (χ3n) is 6.43. The minimum atomic E-state index is -0.368. The van der Waals surface area contributed by atoms with Gasteiger partial charge in [-0.1, -0.05) is 43.1 Å². The summed E-state index contributed by atoms with van der Waals surface area (Å²) in [6, 6.07) is 11.5.